The number of benzene rings is 2. The van der Waals surface area contributed by atoms with Crippen LogP contribution in [0.15, 0.2) is 71.8 Å². The van der Waals surface area contributed by atoms with Crippen molar-refractivity contribution in [1.29, 1.82) is 32.2 Å². The molecule has 2 aliphatic heterocycles. The van der Waals surface area contributed by atoms with Crippen LogP contribution in [0.4, 0.5) is 15.8 Å². The maximum absolute atomic E-state index is 13.6. The van der Waals surface area contributed by atoms with E-state index in [4.69, 9.17) is 38.8 Å². The Morgan fingerprint density at radius 2 is 1.38 bits per heavy atom. The summed E-state index contributed by atoms with van der Waals surface area (Å²) in [6, 6.07) is 15.7. The third kappa shape index (κ3) is 12.2. The van der Waals surface area contributed by atoms with Gasteiger partial charge in [0.2, 0.25) is 5.95 Å². The first-order valence-electron chi connectivity index (χ1n) is 20.9. The summed E-state index contributed by atoms with van der Waals surface area (Å²) in [7, 11) is 5.08. The van der Waals surface area contributed by atoms with E-state index in [1.165, 1.54) is 28.4 Å². The van der Waals surface area contributed by atoms with Gasteiger partial charge in [0.15, 0.2) is 0 Å². The van der Waals surface area contributed by atoms with Gasteiger partial charge < -0.3 is 36.8 Å². The van der Waals surface area contributed by atoms with Crippen LogP contribution in [-0.2, 0) is 0 Å². The molecule has 0 amide bonds. The number of amidine groups is 2. The van der Waals surface area contributed by atoms with E-state index in [0.717, 1.165) is 66.4 Å². The number of piperidine rings is 2. The number of allylic oxidation sites excluding steroid dienone is 4. The average molecular weight is 856 g/mol. The lowest BCUT2D eigenvalue weighted by Gasteiger charge is -2.37. The molecular formula is C47H62FN15. The minimum atomic E-state index is -0.489. The summed E-state index contributed by atoms with van der Waals surface area (Å²) in [5, 5.41) is 51.1. The Morgan fingerprint density at radius 1 is 0.857 bits per heavy atom. The van der Waals surface area contributed by atoms with Gasteiger partial charge in [0.05, 0.1) is 35.2 Å². The van der Waals surface area contributed by atoms with Crippen LogP contribution in [0.1, 0.15) is 74.3 Å². The molecule has 3 aromatic rings. The van der Waals surface area contributed by atoms with Crippen LogP contribution in [0.25, 0.3) is 22.3 Å². The largest absolute Gasteiger partial charge is 0.404 e. The standard InChI is InChI=1S/C24H33N9.C21H23FN6.C2H6/c1-16(29)10-18(11-25)21-5-4-20(19(12-26)14-31-2)22(13-27)23(21)33-8-6-17(7-9-33)24(30)32(3)15-28;1-14-10-17(12-26-20(14)22)18-5-3-4-16(11-23)19(18)28-8-6-15(7-9-28)21(25)27(2)13-24;1-2/h4-5,10-12,14-15,17,28,30H,6-9,25-26,29H2,1-3H3;3-5,10,12-13,15,24-25H,6-9H2,1-2H3;1-2H3/b16-10-,18-11+,19-12+,28-15?,30-24?,31-14?;;. The quantitative estimate of drug-likeness (QED) is 0.0439. The Hall–Kier alpha value is -7.33. The summed E-state index contributed by atoms with van der Waals surface area (Å²) in [6.07, 6.45) is 13.2. The van der Waals surface area contributed by atoms with E-state index in [1.54, 1.807) is 59.4 Å². The number of rotatable bonds is 11. The monoisotopic (exact) mass is 856 g/mol. The zero-order valence-corrected chi connectivity index (χ0v) is 37.5. The fraction of sp³-hybridized carbons (Fsp3) is 0.362. The van der Waals surface area contributed by atoms with E-state index in [1.807, 2.05) is 38.1 Å². The topological polar surface area (TPSA) is 259 Å². The molecule has 2 aliphatic rings. The molecule has 16 heteroatoms. The third-order valence-corrected chi connectivity index (χ3v) is 10.9. The fourth-order valence-corrected chi connectivity index (χ4v) is 7.69. The van der Waals surface area contributed by atoms with Gasteiger partial charge in [0.25, 0.3) is 0 Å². The summed E-state index contributed by atoms with van der Waals surface area (Å²) in [5.41, 5.74) is 26.0. The van der Waals surface area contributed by atoms with Crippen molar-refractivity contribution in [1.82, 2.24) is 14.8 Å². The van der Waals surface area contributed by atoms with Crippen LogP contribution in [-0.4, -0.2) is 92.7 Å². The molecule has 10 N–H and O–H groups in total. The van der Waals surface area contributed by atoms with Crippen LogP contribution in [0, 0.1) is 69.0 Å². The predicted molar refractivity (Wildman–Crippen MR) is 257 cm³/mol. The summed E-state index contributed by atoms with van der Waals surface area (Å²) in [4.78, 5) is 15.3. The number of aliphatic imine (C=N–C) groups is 1. The maximum atomic E-state index is 13.6. The van der Waals surface area contributed by atoms with Crippen LogP contribution >= 0.6 is 0 Å². The molecule has 0 saturated carbocycles. The van der Waals surface area contributed by atoms with Gasteiger partial charge in [-0.3, -0.25) is 26.6 Å². The summed E-state index contributed by atoms with van der Waals surface area (Å²) in [5.74, 6) is 0.525. The zero-order chi connectivity index (χ0) is 46.8. The van der Waals surface area contributed by atoms with Gasteiger partial charge in [-0.25, -0.2) is 4.98 Å². The lowest BCUT2D eigenvalue weighted by molar-refractivity contribution is 0.472. The minimum Gasteiger partial charge on any atom is -0.404 e. The minimum absolute atomic E-state index is 0.0486. The number of nitrogens with two attached hydrogens (primary N) is 3. The molecule has 0 atom stereocenters. The number of nitrogens with zero attached hydrogens (tertiary/aromatic N) is 8. The molecule has 15 nitrogen and oxygen atoms in total. The second kappa shape index (κ2) is 24.2. The first-order valence-corrected chi connectivity index (χ1v) is 20.9. The molecule has 3 heterocycles. The molecule has 2 saturated heterocycles. The maximum Gasteiger partial charge on any atom is 0.215 e. The van der Waals surface area contributed by atoms with Crippen molar-refractivity contribution >= 4 is 53.1 Å². The fourth-order valence-electron chi connectivity index (χ4n) is 7.69. The number of nitrogens with one attached hydrogen (secondary N) is 4. The molecule has 1 aromatic heterocycles. The lowest BCUT2D eigenvalue weighted by atomic mass is 9.89. The van der Waals surface area contributed by atoms with Gasteiger partial charge in [-0.05, 0) is 57.7 Å². The number of nitriles is 2. The molecule has 0 aliphatic carbocycles. The van der Waals surface area contributed by atoms with E-state index < -0.39 is 5.95 Å². The third-order valence-electron chi connectivity index (χ3n) is 10.9. The number of aromatic nitrogens is 1. The van der Waals surface area contributed by atoms with Gasteiger partial charge in [-0.2, -0.15) is 14.9 Å². The first-order chi connectivity index (χ1) is 30.3. The van der Waals surface area contributed by atoms with Crippen molar-refractivity contribution in [3.8, 4) is 23.3 Å². The predicted octanol–water partition coefficient (Wildman–Crippen LogP) is 7.28. The van der Waals surface area contributed by atoms with Crippen LogP contribution < -0.4 is 27.0 Å². The normalized spacial score (nSPS) is 14.9. The molecule has 0 spiro atoms. The van der Waals surface area contributed by atoms with E-state index in [9.17, 15) is 14.9 Å². The van der Waals surface area contributed by atoms with E-state index in [-0.39, 0.29) is 11.8 Å². The Bertz CT molecular complexity index is 2310. The SMILES string of the molecule is CC.CN=C/C(=C\N)c1ccc(C(/C=C(/C)N)=C/N)c(N2CCC(C(=N)N(C)C=N)CC2)c1C#N.Cc1cc(-c2cccc(C#N)c2N2CCC(C(=N)N(C)C=N)CC2)cnc1F. The molecule has 5 rings (SSSR count). The smallest absolute Gasteiger partial charge is 0.215 e. The number of para-hydroxylation sites is 1. The van der Waals surface area contributed by atoms with Gasteiger partial charge >= 0.3 is 0 Å². The van der Waals surface area contributed by atoms with Gasteiger partial charge in [-0.1, -0.05) is 38.1 Å². The Balaban J connectivity index is 0.000000326. The van der Waals surface area contributed by atoms with Crippen LogP contribution in [0.2, 0.25) is 0 Å². The number of hydrogen-bond donors (Lipinski definition) is 7. The van der Waals surface area contributed by atoms with E-state index in [2.05, 4.69) is 31.9 Å². The van der Waals surface area contributed by atoms with E-state index in [0.29, 0.717) is 76.9 Å². The highest BCUT2D eigenvalue weighted by atomic mass is 19.1. The van der Waals surface area contributed by atoms with E-state index >= 15 is 0 Å². The number of aryl methyl sites for hydroxylation is 1. The number of hydrogen-bond acceptors (Lipinski definition) is 13. The Morgan fingerprint density at radius 3 is 1.83 bits per heavy atom. The summed E-state index contributed by atoms with van der Waals surface area (Å²) < 4.78 is 13.6. The number of pyridine rings is 1. The van der Waals surface area contributed by atoms with Crippen molar-refractivity contribution < 1.29 is 4.39 Å². The lowest BCUT2D eigenvalue weighted by Crippen LogP contribution is -2.41. The van der Waals surface area contributed by atoms with Gasteiger partial charge in [0.1, 0.15) is 23.8 Å². The Labute approximate surface area is 371 Å². The molecule has 0 bridgehead atoms. The van der Waals surface area contributed by atoms with Gasteiger partial charge in [-0.15, -0.1) is 0 Å². The van der Waals surface area contributed by atoms with Crippen molar-refractivity contribution in [2.24, 2.45) is 34.0 Å². The average Bonchev–Trinajstić information content (AvgIpc) is 3.32. The molecular weight excluding hydrogens is 794 g/mol. The number of anilines is 2. The highest BCUT2D eigenvalue weighted by molar-refractivity contribution is 6.11. The van der Waals surface area contributed by atoms with Crippen molar-refractivity contribution in [2.75, 3.05) is 57.1 Å². The number of halogens is 1. The summed E-state index contributed by atoms with van der Waals surface area (Å²) >= 11 is 0. The first kappa shape index (κ1) is 50.0. The molecule has 2 fully saturated rings. The zero-order valence-electron chi connectivity index (χ0n) is 37.5. The molecule has 63 heavy (non-hydrogen) atoms. The molecule has 0 unspecified atom stereocenters. The molecule has 0 radical (unpaired) electrons. The van der Waals surface area contributed by atoms with Gasteiger partial charge in [0, 0.05) is 129 Å². The van der Waals surface area contributed by atoms with Crippen molar-refractivity contribution in [3.05, 3.63) is 101 Å². The summed E-state index contributed by atoms with van der Waals surface area (Å²) in [6.45, 7) is 10.2. The second-order valence-electron chi connectivity index (χ2n) is 14.9. The highest BCUT2D eigenvalue weighted by Crippen LogP contribution is 2.39. The van der Waals surface area contributed by atoms with Crippen molar-refractivity contribution in [2.45, 2.75) is 53.4 Å². The van der Waals surface area contributed by atoms with Crippen LogP contribution in [0.3, 0.4) is 0 Å². The second-order valence-corrected chi connectivity index (χ2v) is 14.9. The Kier molecular flexibility index (Phi) is 19.2. The molecule has 2 aromatic carbocycles. The highest BCUT2D eigenvalue weighted by Gasteiger charge is 2.30. The molecule has 332 valence electrons. The van der Waals surface area contributed by atoms with Crippen molar-refractivity contribution in [3.63, 3.8) is 0 Å². The van der Waals surface area contributed by atoms with Crippen LogP contribution in [0.5, 0.6) is 0 Å².